The van der Waals surface area contributed by atoms with Gasteiger partial charge in [-0.05, 0) is 32.3 Å². The Morgan fingerprint density at radius 2 is 1.71 bits per heavy atom. The number of carbonyl (C=O) groups excluding carboxylic acids is 2. The first-order valence-electron chi connectivity index (χ1n) is 9.15. The molecule has 1 aromatic rings. The van der Waals surface area contributed by atoms with Crippen molar-refractivity contribution in [1.29, 1.82) is 0 Å². The van der Waals surface area contributed by atoms with Crippen molar-refractivity contribution in [3.8, 4) is 0 Å². The van der Waals surface area contributed by atoms with Gasteiger partial charge in [-0.25, -0.2) is 4.79 Å². The Morgan fingerprint density at radius 1 is 1.14 bits per heavy atom. The Hall–Kier alpha value is -2.06. The molecule has 3 atom stereocenters. The molecule has 0 saturated heterocycles. The predicted octanol–water partition coefficient (Wildman–Crippen LogP) is 2.01. The Kier molecular flexibility index (Phi) is 8.97. The van der Waals surface area contributed by atoms with Gasteiger partial charge < -0.3 is 20.5 Å². The average molecular weight is 411 g/mol. The number of hydrogen-bond acceptors (Lipinski definition) is 5. The van der Waals surface area contributed by atoms with Gasteiger partial charge in [0.2, 0.25) is 11.8 Å². The zero-order valence-electron chi connectivity index (χ0n) is 16.9. The first kappa shape index (κ1) is 24.0. The smallest absolute Gasteiger partial charge is 0.328 e. The number of amides is 2. The van der Waals surface area contributed by atoms with Crippen LogP contribution in [0.1, 0.15) is 40.2 Å². The van der Waals surface area contributed by atoms with Gasteiger partial charge in [0.15, 0.2) is 6.04 Å². The second-order valence-electron chi connectivity index (χ2n) is 7.59. The van der Waals surface area contributed by atoms with E-state index in [-0.39, 0.29) is 12.5 Å². The third-order valence-electron chi connectivity index (χ3n) is 4.28. The molecule has 3 N–H and O–H groups in total. The Morgan fingerprint density at radius 3 is 2.21 bits per heavy atom. The molecule has 1 rings (SSSR count). The van der Waals surface area contributed by atoms with Crippen LogP contribution < -0.4 is 10.6 Å². The molecule has 0 fully saturated rings. The highest BCUT2D eigenvalue weighted by Gasteiger charge is 2.36. The van der Waals surface area contributed by atoms with Crippen molar-refractivity contribution in [1.82, 2.24) is 10.6 Å². The van der Waals surface area contributed by atoms with E-state index in [4.69, 9.17) is 4.74 Å². The summed E-state index contributed by atoms with van der Waals surface area (Å²) in [7, 11) is 0. The highest BCUT2D eigenvalue weighted by molar-refractivity contribution is 7.81. The third kappa shape index (κ3) is 7.16. The van der Waals surface area contributed by atoms with E-state index in [2.05, 4.69) is 23.3 Å². The minimum Gasteiger partial charge on any atom is -0.480 e. The fraction of sp³-hybridized carbons (Fsp3) is 0.550. The van der Waals surface area contributed by atoms with E-state index in [1.807, 2.05) is 44.2 Å². The quantitative estimate of drug-likeness (QED) is 0.442. The van der Waals surface area contributed by atoms with Crippen molar-refractivity contribution >= 4 is 30.4 Å². The number of carbonyl (C=O) groups is 3. The lowest BCUT2D eigenvalue weighted by molar-refractivity contribution is -0.147. The highest BCUT2D eigenvalue weighted by atomic mass is 32.1. The van der Waals surface area contributed by atoms with Crippen LogP contribution in [0, 0.1) is 5.92 Å². The van der Waals surface area contributed by atoms with Crippen LogP contribution in [0.4, 0.5) is 0 Å². The van der Waals surface area contributed by atoms with E-state index in [1.54, 1.807) is 6.92 Å². The van der Waals surface area contributed by atoms with E-state index in [0.717, 1.165) is 5.56 Å². The van der Waals surface area contributed by atoms with Crippen molar-refractivity contribution in [2.45, 2.75) is 64.2 Å². The number of aliphatic carboxylic acids is 1. The molecule has 7 nitrogen and oxygen atoms in total. The molecule has 0 aliphatic rings. The van der Waals surface area contributed by atoms with Crippen molar-refractivity contribution in [2.24, 2.45) is 5.92 Å². The zero-order valence-corrected chi connectivity index (χ0v) is 17.8. The fourth-order valence-corrected chi connectivity index (χ4v) is 2.41. The van der Waals surface area contributed by atoms with Crippen LogP contribution >= 0.6 is 12.6 Å². The van der Waals surface area contributed by atoms with Gasteiger partial charge in [-0.15, -0.1) is 0 Å². The topological polar surface area (TPSA) is 105 Å². The summed E-state index contributed by atoms with van der Waals surface area (Å²) in [5.41, 5.74) is -0.411. The lowest BCUT2D eigenvalue weighted by atomic mass is 10.0. The predicted molar refractivity (Wildman–Crippen MR) is 110 cm³/mol. The minimum absolute atomic E-state index is 0.0135. The Bertz CT molecular complexity index is 678. The summed E-state index contributed by atoms with van der Waals surface area (Å²) >= 11 is 4.24. The summed E-state index contributed by atoms with van der Waals surface area (Å²) in [6.45, 7) is 8.51. The summed E-state index contributed by atoms with van der Waals surface area (Å²) in [5, 5.41) is 14.0. The first-order chi connectivity index (χ1) is 13.0. The fourth-order valence-electron chi connectivity index (χ4n) is 2.34. The van der Waals surface area contributed by atoms with Gasteiger partial charge in [-0.3, -0.25) is 9.59 Å². The van der Waals surface area contributed by atoms with Gasteiger partial charge >= 0.3 is 5.97 Å². The summed E-state index contributed by atoms with van der Waals surface area (Å²) in [5.74, 6) is -2.24. The highest BCUT2D eigenvalue weighted by Crippen LogP contribution is 2.13. The Balaban J connectivity index is 2.74. The standard InChI is InChI=1S/C20H30N2O5S/c1-12(2)16(28)17(23)22-20(4,5)19(26)21-15(18(24)25)13(3)27-11-14-9-7-6-8-10-14/h6-10,12-13,15-16,28H,11H2,1-5H3,(H,21,26)(H,22,23)(H,24,25)/t13?,15-,16-/m0/s1. The molecule has 1 aromatic carbocycles. The van der Waals surface area contributed by atoms with Gasteiger partial charge in [0.05, 0.1) is 18.0 Å². The van der Waals surface area contributed by atoms with Crippen LogP contribution in [-0.4, -0.2) is 45.8 Å². The number of rotatable bonds is 10. The number of benzene rings is 1. The minimum atomic E-state index is -1.31. The number of ether oxygens (including phenoxy) is 1. The van der Waals surface area contributed by atoms with E-state index < -0.39 is 40.7 Å². The SMILES string of the molecule is CC(C)[C@H](S)C(=O)NC(C)(C)C(=O)N[C@H](C(=O)O)C(C)OCc1ccccc1. The molecule has 0 aliphatic heterocycles. The van der Waals surface area contributed by atoms with Crippen LogP contribution in [0.5, 0.6) is 0 Å². The first-order valence-corrected chi connectivity index (χ1v) is 9.66. The van der Waals surface area contributed by atoms with Crippen LogP contribution in [0.3, 0.4) is 0 Å². The zero-order chi connectivity index (χ0) is 21.5. The second-order valence-corrected chi connectivity index (χ2v) is 8.15. The van der Waals surface area contributed by atoms with Gasteiger partial charge in [0.1, 0.15) is 5.54 Å². The lowest BCUT2D eigenvalue weighted by Crippen LogP contribution is -2.61. The average Bonchev–Trinajstić information content (AvgIpc) is 2.63. The largest absolute Gasteiger partial charge is 0.480 e. The van der Waals surface area contributed by atoms with Crippen LogP contribution in [0.15, 0.2) is 30.3 Å². The van der Waals surface area contributed by atoms with Crippen molar-refractivity contribution in [3.05, 3.63) is 35.9 Å². The molecule has 28 heavy (non-hydrogen) atoms. The van der Waals surface area contributed by atoms with E-state index >= 15 is 0 Å². The molecule has 156 valence electrons. The van der Waals surface area contributed by atoms with E-state index in [1.165, 1.54) is 13.8 Å². The summed E-state index contributed by atoms with van der Waals surface area (Å²) < 4.78 is 5.62. The van der Waals surface area contributed by atoms with Crippen molar-refractivity contribution in [2.75, 3.05) is 0 Å². The maximum atomic E-state index is 12.6. The molecule has 0 aliphatic carbocycles. The molecule has 0 saturated carbocycles. The third-order valence-corrected chi connectivity index (χ3v) is 5.11. The number of carboxylic acids is 1. The number of hydrogen-bond donors (Lipinski definition) is 4. The lowest BCUT2D eigenvalue weighted by Gasteiger charge is -2.30. The summed E-state index contributed by atoms with van der Waals surface area (Å²) in [6.07, 6.45) is -0.776. The molecule has 0 spiro atoms. The summed E-state index contributed by atoms with van der Waals surface area (Å²) in [4.78, 5) is 36.5. The van der Waals surface area contributed by atoms with E-state index in [0.29, 0.717) is 0 Å². The molecular formula is C20H30N2O5S. The van der Waals surface area contributed by atoms with Crippen LogP contribution in [0.25, 0.3) is 0 Å². The van der Waals surface area contributed by atoms with Crippen LogP contribution in [0.2, 0.25) is 0 Å². The maximum Gasteiger partial charge on any atom is 0.328 e. The van der Waals surface area contributed by atoms with Gasteiger partial charge in [0.25, 0.3) is 0 Å². The second kappa shape index (κ2) is 10.5. The monoisotopic (exact) mass is 410 g/mol. The molecule has 0 heterocycles. The molecule has 0 bridgehead atoms. The molecule has 2 amide bonds. The van der Waals surface area contributed by atoms with Gasteiger partial charge in [0, 0.05) is 0 Å². The molecule has 8 heteroatoms. The molecule has 0 aromatic heterocycles. The molecule has 0 radical (unpaired) electrons. The number of nitrogens with one attached hydrogen (secondary N) is 2. The molecule has 1 unspecified atom stereocenters. The van der Waals surface area contributed by atoms with Crippen LogP contribution in [-0.2, 0) is 25.7 Å². The molecular weight excluding hydrogens is 380 g/mol. The summed E-state index contributed by atoms with van der Waals surface area (Å²) in [6, 6.07) is 8.06. The van der Waals surface area contributed by atoms with Crippen molar-refractivity contribution < 1.29 is 24.2 Å². The van der Waals surface area contributed by atoms with Crippen molar-refractivity contribution in [3.63, 3.8) is 0 Å². The Labute approximate surface area is 171 Å². The van der Waals surface area contributed by atoms with Gasteiger partial charge in [-0.2, -0.15) is 12.6 Å². The van der Waals surface area contributed by atoms with E-state index in [9.17, 15) is 19.5 Å². The normalized spacial score (nSPS) is 14.8. The number of thiol groups is 1. The number of carboxylic acid groups (broad SMARTS) is 1. The van der Waals surface area contributed by atoms with Gasteiger partial charge in [-0.1, -0.05) is 44.2 Å². The maximum absolute atomic E-state index is 12.6.